The summed E-state index contributed by atoms with van der Waals surface area (Å²) in [6.45, 7) is 3.24. The molecule has 0 saturated carbocycles. The third-order valence-electron chi connectivity index (χ3n) is 3.52. The predicted molar refractivity (Wildman–Crippen MR) is 75.8 cm³/mol. The summed E-state index contributed by atoms with van der Waals surface area (Å²) in [5.41, 5.74) is 8.98. The van der Waals surface area contributed by atoms with E-state index in [0.29, 0.717) is 13.2 Å². The Morgan fingerprint density at radius 1 is 1.21 bits per heavy atom. The van der Waals surface area contributed by atoms with Gasteiger partial charge in [-0.3, -0.25) is 0 Å². The Morgan fingerprint density at radius 3 is 2.95 bits per heavy atom. The van der Waals surface area contributed by atoms with Gasteiger partial charge in [0.1, 0.15) is 11.5 Å². The average Bonchev–Trinajstić information content (AvgIpc) is 2.84. The highest BCUT2D eigenvalue weighted by atomic mass is 16.5. The number of benzene rings is 2. The first-order valence-corrected chi connectivity index (χ1v) is 6.45. The molecule has 2 aromatic carbocycles. The number of nitrogen functional groups attached to an aromatic ring is 1. The van der Waals surface area contributed by atoms with Gasteiger partial charge in [-0.2, -0.15) is 0 Å². The smallest absolute Gasteiger partial charge is 0.142 e. The van der Waals surface area contributed by atoms with Crippen LogP contribution in [0.25, 0.3) is 0 Å². The maximum absolute atomic E-state index is 6.01. The number of anilines is 1. The molecule has 1 atom stereocenters. The van der Waals surface area contributed by atoms with Crippen LogP contribution >= 0.6 is 0 Å². The number of hydrogen-bond donors (Lipinski definition) is 1. The largest absolute Gasteiger partial charge is 0.493 e. The maximum atomic E-state index is 6.01. The molecule has 2 N–H and O–H groups in total. The molecule has 0 bridgehead atoms. The first-order valence-electron chi connectivity index (χ1n) is 6.45. The standard InChI is InChI=1S/C16H17NO2/c1-11-5-4-8-15(16(11)17)19-10-12-9-18-14-7-3-2-6-13(12)14/h2-8,12H,9-10,17H2,1H3. The molecule has 2 aromatic rings. The second-order valence-corrected chi connectivity index (χ2v) is 4.84. The summed E-state index contributed by atoms with van der Waals surface area (Å²) in [5.74, 6) is 1.99. The summed E-state index contributed by atoms with van der Waals surface area (Å²) in [7, 11) is 0. The van der Waals surface area contributed by atoms with E-state index in [2.05, 4.69) is 6.07 Å². The highest BCUT2D eigenvalue weighted by Gasteiger charge is 2.24. The lowest BCUT2D eigenvalue weighted by Gasteiger charge is -2.13. The number of para-hydroxylation sites is 2. The molecule has 1 unspecified atom stereocenters. The zero-order valence-corrected chi connectivity index (χ0v) is 10.9. The molecule has 1 aliphatic rings. The normalized spacial score (nSPS) is 16.8. The number of aryl methyl sites for hydroxylation is 1. The molecule has 0 spiro atoms. The quantitative estimate of drug-likeness (QED) is 0.857. The molecule has 1 heterocycles. The summed E-state index contributed by atoms with van der Waals surface area (Å²) < 4.78 is 11.5. The van der Waals surface area contributed by atoms with Gasteiger partial charge in [0.2, 0.25) is 0 Å². The molecular weight excluding hydrogens is 238 g/mol. The SMILES string of the molecule is Cc1cccc(OCC2COc3ccccc32)c1N. The van der Waals surface area contributed by atoms with Gasteiger partial charge in [-0.05, 0) is 24.6 Å². The van der Waals surface area contributed by atoms with E-state index in [0.717, 1.165) is 22.7 Å². The zero-order valence-electron chi connectivity index (χ0n) is 10.9. The fourth-order valence-corrected chi connectivity index (χ4v) is 2.34. The average molecular weight is 255 g/mol. The first kappa shape index (κ1) is 11.9. The van der Waals surface area contributed by atoms with E-state index < -0.39 is 0 Å². The molecular formula is C16H17NO2. The van der Waals surface area contributed by atoms with Gasteiger partial charge in [0.05, 0.1) is 24.8 Å². The van der Waals surface area contributed by atoms with E-state index in [9.17, 15) is 0 Å². The Morgan fingerprint density at radius 2 is 2.05 bits per heavy atom. The van der Waals surface area contributed by atoms with Crippen molar-refractivity contribution in [2.45, 2.75) is 12.8 Å². The van der Waals surface area contributed by atoms with Crippen molar-refractivity contribution in [3.8, 4) is 11.5 Å². The lowest BCUT2D eigenvalue weighted by atomic mass is 10.0. The van der Waals surface area contributed by atoms with Crippen LogP contribution in [0.3, 0.4) is 0 Å². The van der Waals surface area contributed by atoms with Gasteiger partial charge in [0.15, 0.2) is 0 Å². The second kappa shape index (κ2) is 4.84. The van der Waals surface area contributed by atoms with Crippen molar-refractivity contribution in [1.29, 1.82) is 0 Å². The van der Waals surface area contributed by atoms with Gasteiger partial charge in [-0.1, -0.05) is 30.3 Å². The summed E-state index contributed by atoms with van der Waals surface area (Å²) >= 11 is 0. The molecule has 3 heteroatoms. The highest BCUT2D eigenvalue weighted by Crippen LogP contribution is 2.34. The van der Waals surface area contributed by atoms with E-state index in [-0.39, 0.29) is 5.92 Å². The van der Waals surface area contributed by atoms with Crippen LogP contribution in [-0.2, 0) is 0 Å². The van der Waals surface area contributed by atoms with Crippen molar-refractivity contribution in [2.75, 3.05) is 18.9 Å². The first-order chi connectivity index (χ1) is 9.25. The van der Waals surface area contributed by atoms with Crippen LogP contribution in [-0.4, -0.2) is 13.2 Å². The van der Waals surface area contributed by atoms with Gasteiger partial charge in [0.25, 0.3) is 0 Å². The number of rotatable bonds is 3. The Kier molecular flexibility index (Phi) is 3.03. The highest BCUT2D eigenvalue weighted by molar-refractivity contribution is 5.57. The third-order valence-corrected chi connectivity index (χ3v) is 3.52. The Bertz CT molecular complexity index is 595. The van der Waals surface area contributed by atoms with E-state index in [1.165, 1.54) is 5.56 Å². The summed E-state index contributed by atoms with van der Waals surface area (Å²) in [5, 5.41) is 0. The molecule has 0 aliphatic carbocycles. The van der Waals surface area contributed by atoms with Crippen molar-refractivity contribution >= 4 is 5.69 Å². The maximum Gasteiger partial charge on any atom is 0.142 e. The Balaban J connectivity index is 1.73. The zero-order chi connectivity index (χ0) is 13.2. The minimum atomic E-state index is 0.274. The topological polar surface area (TPSA) is 44.5 Å². The lowest BCUT2D eigenvalue weighted by molar-refractivity contribution is 0.249. The summed E-state index contributed by atoms with van der Waals surface area (Å²) in [6, 6.07) is 14.0. The Hall–Kier alpha value is -2.16. The van der Waals surface area contributed by atoms with Crippen molar-refractivity contribution in [3.63, 3.8) is 0 Å². The van der Waals surface area contributed by atoms with Crippen LogP contribution in [0.1, 0.15) is 17.0 Å². The molecule has 0 aromatic heterocycles. The number of ether oxygens (including phenoxy) is 2. The van der Waals surface area contributed by atoms with Crippen molar-refractivity contribution in [3.05, 3.63) is 53.6 Å². The monoisotopic (exact) mass is 255 g/mol. The molecule has 19 heavy (non-hydrogen) atoms. The molecule has 1 aliphatic heterocycles. The van der Waals surface area contributed by atoms with Crippen LogP contribution in [0, 0.1) is 6.92 Å². The minimum Gasteiger partial charge on any atom is -0.493 e. The summed E-state index contributed by atoms with van der Waals surface area (Å²) in [4.78, 5) is 0. The number of hydrogen-bond acceptors (Lipinski definition) is 3. The van der Waals surface area contributed by atoms with Crippen LogP contribution in [0.15, 0.2) is 42.5 Å². The molecule has 0 fully saturated rings. The fourth-order valence-electron chi connectivity index (χ4n) is 2.34. The molecule has 98 valence electrons. The van der Waals surface area contributed by atoms with E-state index in [1.54, 1.807) is 0 Å². The van der Waals surface area contributed by atoms with E-state index >= 15 is 0 Å². The summed E-state index contributed by atoms with van der Waals surface area (Å²) in [6.07, 6.45) is 0. The van der Waals surface area contributed by atoms with Gasteiger partial charge < -0.3 is 15.2 Å². The van der Waals surface area contributed by atoms with Crippen LogP contribution in [0.4, 0.5) is 5.69 Å². The molecule has 3 nitrogen and oxygen atoms in total. The van der Waals surface area contributed by atoms with E-state index in [4.69, 9.17) is 15.2 Å². The molecule has 0 radical (unpaired) electrons. The van der Waals surface area contributed by atoms with Gasteiger partial charge in [-0.15, -0.1) is 0 Å². The number of fused-ring (bicyclic) bond motifs is 1. The van der Waals surface area contributed by atoms with Crippen molar-refractivity contribution < 1.29 is 9.47 Å². The molecule has 0 saturated heterocycles. The number of nitrogens with two attached hydrogens (primary N) is 1. The van der Waals surface area contributed by atoms with Crippen LogP contribution in [0.5, 0.6) is 11.5 Å². The van der Waals surface area contributed by atoms with Gasteiger partial charge in [0, 0.05) is 5.56 Å². The van der Waals surface area contributed by atoms with Gasteiger partial charge >= 0.3 is 0 Å². The molecule has 0 amide bonds. The minimum absolute atomic E-state index is 0.274. The van der Waals surface area contributed by atoms with Crippen LogP contribution < -0.4 is 15.2 Å². The Labute approximate surface area is 113 Å². The van der Waals surface area contributed by atoms with Crippen LogP contribution in [0.2, 0.25) is 0 Å². The predicted octanol–water partition coefficient (Wildman–Crippen LogP) is 3.13. The van der Waals surface area contributed by atoms with Gasteiger partial charge in [-0.25, -0.2) is 0 Å². The second-order valence-electron chi connectivity index (χ2n) is 4.84. The van der Waals surface area contributed by atoms with Crippen molar-refractivity contribution in [1.82, 2.24) is 0 Å². The third kappa shape index (κ3) is 2.24. The lowest BCUT2D eigenvalue weighted by Crippen LogP contribution is -2.12. The van der Waals surface area contributed by atoms with Crippen molar-refractivity contribution in [2.24, 2.45) is 0 Å². The molecule has 3 rings (SSSR count). The fraction of sp³-hybridized carbons (Fsp3) is 0.250. The van der Waals surface area contributed by atoms with E-state index in [1.807, 2.05) is 43.3 Å².